The third kappa shape index (κ3) is 3.09. The molecule has 1 N–H and O–H groups in total. The van der Waals surface area contributed by atoms with Crippen molar-refractivity contribution in [1.82, 2.24) is 0 Å². The zero-order valence-corrected chi connectivity index (χ0v) is 10.6. The number of nitrogens with one attached hydrogen (secondary N) is 1. The van der Waals surface area contributed by atoms with Gasteiger partial charge in [0.25, 0.3) is 5.69 Å². The van der Waals surface area contributed by atoms with Crippen LogP contribution in [0.25, 0.3) is 0 Å². The zero-order chi connectivity index (χ0) is 14.7. The maximum Gasteiger partial charge on any atom is 0.295 e. The number of benzene rings is 2. The van der Waals surface area contributed by atoms with E-state index in [0.29, 0.717) is 0 Å². The van der Waals surface area contributed by atoms with E-state index < -0.39 is 10.7 Å². The van der Waals surface area contributed by atoms with Crippen molar-refractivity contribution in [3.63, 3.8) is 0 Å². The lowest BCUT2D eigenvalue weighted by Gasteiger charge is -2.15. The topological polar surface area (TPSA) is 55.2 Å². The summed E-state index contributed by atoms with van der Waals surface area (Å²) in [6, 6.07) is 8.84. The smallest absolute Gasteiger partial charge is 0.295 e. The maximum absolute atomic E-state index is 13.0. The quantitative estimate of drug-likeness (QED) is 0.678. The molecule has 0 fully saturated rings. The Morgan fingerprint density at radius 1 is 1.10 bits per heavy atom. The molecule has 0 heterocycles. The highest BCUT2D eigenvalue weighted by Gasteiger charge is 2.17. The fraction of sp³-hybridized carbons (Fsp3) is 0.143. The standard InChI is InChI=1S/C14H12F2N2O2/c1-9(10-2-4-11(15)5-3-10)17-13-7-6-12(16)8-14(13)18(19)20/h2-9,17H,1H3. The molecule has 2 rings (SSSR count). The summed E-state index contributed by atoms with van der Waals surface area (Å²) in [6.07, 6.45) is 0. The van der Waals surface area contributed by atoms with Crippen molar-refractivity contribution >= 4 is 11.4 Å². The van der Waals surface area contributed by atoms with Crippen LogP contribution >= 0.6 is 0 Å². The molecular formula is C14H12F2N2O2. The van der Waals surface area contributed by atoms with Crippen molar-refractivity contribution in [3.05, 3.63) is 69.8 Å². The summed E-state index contributed by atoms with van der Waals surface area (Å²) in [4.78, 5) is 10.2. The first kappa shape index (κ1) is 13.9. The maximum atomic E-state index is 13.0. The van der Waals surface area contributed by atoms with Crippen LogP contribution in [-0.4, -0.2) is 4.92 Å². The van der Waals surface area contributed by atoms with E-state index in [1.54, 1.807) is 19.1 Å². The first-order valence-corrected chi connectivity index (χ1v) is 5.93. The summed E-state index contributed by atoms with van der Waals surface area (Å²) in [5.74, 6) is -1.02. The highest BCUT2D eigenvalue weighted by molar-refractivity contribution is 5.62. The fourth-order valence-electron chi connectivity index (χ4n) is 1.85. The number of rotatable bonds is 4. The Bertz CT molecular complexity index is 630. The predicted molar refractivity (Wildman–Crippen MR) is 71.5 cm³/mol. The molecule has 1 unspecified atom stereocenters. The van der Waals surface area contributed by atoms with Crippen LogP contribution in [0.4, 0.5) is 20.2 Å². The molecule has 1 atom stereocenters. The molecule has 0 spiro atoms. The van der Waals surface area contributed by atoms with Gasteiger partial charge in [-0.15, -0.1) is 0 Å². The number of nitro groups is 1. The average Bonchev–Trinajstić information content (AvgIpc) is 2.41. The molecule has 0 bridgehead atoms. The van der Waals surface area contributed by atoms with E-state index in [1.165, 1.54) is 18.2 Å². The fourth-order valence-corrected chi connectivity index (χ4v) is 1.85. The second-order valence-electron chi connectivity index (χ2n) is 4.34. The van der Waals surface area contributed by atoms with Crippen molar-refractivity contribution in [2.24, 2.45) is 0 Å². The number of nitrogens with zero attached hydrogens (tertiary/aromatic N) is 1. The van der Waals surface area contributed by atoms with Crippen molar-refractivity contribution < 1.29 is 13.7 Å². The van der Waals surface area contributed by atoms with Gasteiger partial charge in [0.2, 0.25) is 0 Å². The molecule has 0 amide bonds. The van der Waals surface area contributed by atoms with Crippen LogP contribution in [0, 0.1) is 21.7 Å². The van der Waals surface area contributed by atoms with Crippen LogP contribution in [0.5, 0.6) is 0 Å². The normalized spacial score (nSPS) is 11.9. The van der Waals surface area contributed by atoms with Gasteiger partial charge in [-0.1, -0.05) is 12.1 Å². The van der Waals surface area contributed by atoms with Crippen molar-refractivity contribution in [3.8, 4) is 0 Å². The first-order chi connectivity index (χ1) is 9.47. The Labute approximate surface area is 114 Å². The summed E-state index contributed by atoms with van der Waals surface area (Å²) in [6.45, 7) is 1.78. The van der Waals surface area contributed by atoms with Crippen LogP contribution in [0.15, 0.2) is 42.5 Å². The van der Waals surface area contributed by atoms with E-state index in [4.69, 9.17) is 0 Å². The van der Waals surface area contributed by atoms with Gasteiger partial charge in [-0.3, -0.25) is 10.1 Å². The van der Waals surface area contributed by atoms with Crippen LogP contribution in [0.2, 0.25) is 0 Å². The molecule has 0 saturated carbocycles. The van der Waals surface area contributed by atoms with Gasteiger partial charge in [0.05, 0.1) is 11.0 Å². The third-order valence-electron chi connectivity index (χ3n) is 2.90. The van der Waals surface area contributed by atoms with E-state index in [0.717, 1.165) is 17.7 Å². The Kier molecular flexibility index (Phi) is 3.93. The summed E-state index contributed by atoms with van der Waals surface area (Å²) in [7, 11) is 0. The van der Waals surface area contributed by atoms with Crippen LogP contribution in [-0.2, 0) is 0 Å². The SMILES string of the molecule is CC(Nc1ccc(F)cc1[N+](=O)[O-])c1ccc(F)cc1. The minimum atomic E-state index is -0.670. The highest BCUT2D eigenvalue weighted by Crippen LogP contribution is 2.28. The monoisotopic (exact) mass is 278 g/mol. The second kappa shape index (κ2) is 5.64. The lowest BCUT2D eigenvalue weighted by atomic mass is 10.1. The number of hydrogen-bond acceptors (Lipinski definition) is 3. The molecule has 0 aliphatic carbocycles. The summed E-state index contributed by atoms with van der Waals surface area (Å²) in [5.41, 5.74) is 0.650. The van der Waals surface area contributed by atoms with E-state index in [2.05, 4.69) is 5.32 Å². The molecule has 4 nitrogen and oxygen atoms in total. The Balaban J connectivity index is 2.25. The third-order valence-corrected chi connectivity index (χ3v) is 2.90. The molecule has 0 aliphatic heterocycles. The molecule has 2 aromatic carbocycles. The molecule has 6 heteroatoms. The zero-order valence-electron chi connectivity index (χ0n) is 10.6. The molecule has 104 valence electrons. The first-order valence-electron chi connectivity index (χ1n) is 5.93. The highest BCUT2D eigenvalue weighted by atomic mass is 19.1. The van der Waals surface area contributed by atoms with E-state index >= 15 is 0 Å². The van der Waals surface area contributed by atoms with Crippen LogP contribution in [0.1, 0.15) is 18.5 Å². The van der Waals surface area contributed by atoms with Crippen LogP contribution < -0.4 is 5.32 Å². The van der Waals surface area contributed by atoms with E-state index in [1.807, 2.05) is 0 Å². The van der Waals surface area contributed by atoms with Gasteiger partial charge < -0.3 is 5.32 Å². The molecule has 2 aromatic rings. The Morgan fingerprint density at radius 2 is 1.70 bits per heavy atom. The van der Waals surface area contributed by atoms with Gasteiger partial charge >= 0.3 is 0 Å². The second-order valence-corrected chi connectivity index (χ2v) is 4.34. The van der Waals surface area contributed by atoms with Gasteiger partial charge in [0.15, 0.2) is 0 Å². The van der Waals surface area contributed by atoms with Gasteiger partial charge in [-0.05, 0) is 36.8 Å². The number of halogens is 2. The average molecular weight is 278 g/mol. The number of hydrogen-bond donors (Lipinski definition) is 1. The molecule has 0 aliphatic rings. The van der Waals surface area contributed by atoms with Crippen molar-refractivity contribution in [2.45, 2.75) is 13.0 Å². The molecule has 0 saturated heterocycles. The summed E-state index contributed by atoms with van der Waals surface area (Å²) >= 11 is 0. The van der Waals surface area contributed by atoms with Gasteiger partial charge in [-0.2, -0.15) is 0 Å². The molecular weight excluding hydrogens is 266 g/mol. The van der Waals surface area contributed by atoms with Gasteiger partial charge in [-0.25, -0.2) is 8.78 Å². The molecule has 20 heavy (non-hydrogen) atoms. The summed E-state index contributed by atoms with van der Waals surface area (Å²) in [5, 5.41) is 13.8. The predicted octanol–water partition coefficient (Wildman–Crippen LogP) is 4.05. The summed E-state index contributed by atoms with van der Waals surface area (Å²) < 4.78 is 25.9. The molecule has 0 aromatic heterocycles. The minimum absolute atomic E-state index is 0.216. The molecule has 0 radical (unpaired) electrons. The van der Waals surface area contributed by atoms with E-state index in [-0.39, 0.29) is 23.2 Å². The largest absolute Gasteiger partial charge is 0.373 e. The minimum Gasteiger partial charge on any atom is -0.373 e. The van der Waals surface area contributed by atoms with Crippen molar-refractivity contribution in [2.75, 3.05) is 5.32 Å². The lowest BCUT2D eigenvalue weighted by Crippen LogP contribution is -2.08. The Hall–Kier alpha value is -2.50. The number of anilines is 1. The number of nitro benzene ring substituents is 1. The lowest BCUT2D eigenvalue weighted by molar-refractivity contribution is -0.384. The van der Waals surface area contributed by atoms with Gasteiger partial charge in [0.1, 0.15) is 17.3 Å². The van der Waals surface area contributed by atoms with E-state index in [9.17, 15) is 18.9 Å². The van der Waals surface area contributed by atoms with Crippen molar-refractivity contribution in [1.29, 1.82) is 0 Å². The van der Waals surface area contributed by atoms with Gasteiger partial charge in [0, 0.05) is 6.04 Å². The van der Waals surface area contributed by atoms with Crippen LogP contribution in [0.3, 0.4) is 0 Å². The Morgan fingerprint density at radius 3 is 2.30 bits per heavy atom.